The number of anilines is 3. The van der Waals surface area contributed by atoms with Crippen LogP contribution in [0.3, 0.4) is 0 Å². The van der Waals surface area contributed by atoms with E-state index in [1.54, 1.807) is 18.2 Å². The van der Waals surface area contributed by atoms with Crippen LogP contribution in [-0.2, 0) is 16.4 Å². The van der Waals surface area contributed by atoms with Crippen LogP contribution < -0.4 is 9.62 Å². The zero-order chi connectivity index (χ0) is 17.4. The van der Waals surface area contributed by atoms with Gasteiger partial charge in [-0.25, -0.2) is 8.42 Å². The minimum atomic E-state index is -3.60. The summed E-state index contributed by atoms with van der Waals surface area (Å²) in [6.07, 6.45) is 1.02. The summed E-state index contributed by atoms with van der Waals surface area (Å²) in [7, 11) is -3.60. The number of nitrogens with zero attached hydrogens (tertiary/aromatic N) is 1. The number of benzene rings is 2. The van der Waals surface area contributed by atoms with Crippen molar-refractivity contribution in [3.63, 3.8) is 0 Å². The Morgan fingerprint density at radius 2 is 1.76 bits per heavy atom. The number of halogens is 1. The molecule has 128 valence electrons. The first-order chi connectivity index (χ1) is 12.0. The predicted molar refractivity (Wildman–Crippen MR) is 104 cm³/mol. The lowest BCUT2D eigenvalue weighted by atomic mass is 10.2. The molecule has 0 fully saturated rings. The molecule has 7 heteroatoms. The highest BCUT2D eigenvalue weighted by molar-refractivity contribution is 7.94. The van der Waals surface area contributed by atoms with Gasteiger partial charge in [-0.3, -0.25) is 4.72 Å². The fourth-order valence-corrected chi connectivity index (χ4v) is 5.50. The molecular formula is C18H15ClN2O2S2. The van der Waals surface area contributed by atoms with Gasteiger partial charge in [-0.05, 0) is 54.4 Å². The van der Waals surface area contributed by atoms with Crippen LogP contribution in [0.25, 0.3) is 0 Å². The number of hydrogen-bond acceptors (Lipinski definition) is 4. The van der Waals surface area contributed by atoms with Gasteiger partial charge in [0.1, 0.15) is 4.21 Å². The zero-order valence-electron chi connectivity index (χ0n) is 13.1. The van der Waals surface area contributed by atoms with E-state index in [9.17, 15) is 8.42 Å². The Labute approximate surface area is 155 Å². The first-order valence-electron chi connectivity index (χ1n) is 7.77. The van der Waals surface area contributed by atoms with E-state index in [-0.39, 0.29) is 4.21 Å². The Balaban J connectivity index is 1.55. The largest absolute Gasteiger partial charge is 0.341 e. The van der Waals surface area contributed by atoms with Crippen molar-refractivity contribution in [1.82, 2.24) is 0 Å². The molecule has 1 aliphatic heterocycles. The normalized spacial score (nSPS) is 13.7. The van der Waals surface area contributed by atoms with Gasteiger partial charge in [0.05, 0.1) is 4.34 Å². The molecule has 0 aliphatic carbocycles. The lowest BCUT2D eigenvalue weighted by Crippen LogP contribution is -2.14. The number of sulfonamides is 1. The molecule has 4 rings (SSSR count). The van der Waals surface area contributed by atoms with Crippen LogP contribution in [0.1, 0.15) is 5.56 Å². The van der Waals surface area contributed by atoms with Crippen LogP contribution in [0.2, 0.25) is 4.34 Å². The third-order valence-electron chi connectivity index (χ3n) is 4.13. The fraction of sp³-hybridized carbons (Fsp3) is 0.111. The lowest BCUT2D eigenvalue weighted by molar-refractivity contribution is 0.603. The Morgan fingerprint density at radius 1 is 1.00 bits per heavy atom. The number of thiophene rings is 1. The monoisotopic (exact) mass is 390 g/mol. The molecule has 2 heterocycles. The topological polar surface area (TPSA) is 49.4 Å². The lowest BCUT2D eigenvalue weighted by Gasteiger charge is -2.20. The minimum Gasteiger partial charge on any atom is -0.341 e. The van der Waals surface area contributed by atoms with E-state index in [4.69, 9.17) is 11.6 Å². The van der Waals surface area contributed by atoms with E-state index in [1.807, 2.05) is 18.2 Å². The average molecular weight is 391 g/mol. The second-order valence-corrected chi connectivity index (χ2v) is 9.37. The Hall–Kier alpha value is -2.02. The van der Waals surface area contributed by atoms with Crippen molar-refractivity contribution in [3.8, 4) is 0 Å². The number of rotatable bonds is 4. The highest BCUT2D eigenvalue weighted by atomic mass is 35.5. The molecule has 1 aliphatic rings. The minimum absolute atomic E-state index is 0.204. The van der Waals surface area contributed by atoms with Crippen LogP contribution >= 0.6 is 22.9 Å². The summed E-state index contributed by atoms with van der Waals surface area (Å²) in [5.41, 5.74) is 4.12. The highest BCUT2D eigenvalue weighted by Gasteiger charge is 2.20. The molecule has 0 unspecified atom stereocenters. The van der Waals surface area contributed by atoms with E-state index >= 15 is 0 Å². The highest BCUT2D eigenvalue weighted by Crippen LogP contribution is 2.35. The predicted octanol–water partition coefficient (Wildman–Crippen LogP) is 4.90. The van der Waals surface area contributed by atoms with Crippen molar-refractivity contribution in [2.24, 2.45) is 0 Å². The first kappa shape index (κ1) is 16.4. The molecule has 0 amide bonds. The summed E-state index contributed by atoms with van der Waals surface area (Å²) < 4.78 is 27.9. The summed E-state index contributed by atoms with van der Waals surface area (Å²) >= 11 is 6.86. The maximum Gasteiger partial charge on any atom is 0.271 e. The molecule has 0 saturated heterocycles. The summed E-state index contributed by atoms with van der Waals surface area (Å²) in [6, 6.07) is 18.8. The van der Waals surface area contributed by atoms with Crippen molar-refractivity contribution in [3.05, 3.63) is 70.6 Å². The van der Waals surface area contributed by atoms with Crippen molar-refractivity contribution in [2.75, 3.05) is 16.2 Å². The molecular weight excluding hydrogens is 376 g/mol. The molecule has 0 radical (unpaired) electrons. The van der Waals surface area contributed by atoms with Gasteiger partial charge in [0.25, 0.3) is 10.0 Å². The summed E-state index contributed by atoms with van der Waals surface area (Å²) in [5, 5.41) is 0. The number of nitrogens with one attached hydrogen (secondary N) is 1. The third-order valence-corrected chi connectivity index (χ3v) is 7.24. The Bertz CT molecular complexity index is 1010. The molecule has 2 aromatic carbocycles. The SMILES string of the molecule is O=S(=O)(Nc1ccc(N2CCc3ccccc32)cc1)c1ccc(Cl)s1. The van der Waals surface area contributed by atoms with Crippen molar-refractivity contribution in [1.29, 1.82) is 0 Å². The maximum atomic E-state index is 12.3. The number of hydrogen-bond donors (Lipinski definition) is 1. The molecule has 3 aromatic rings. The summed E-state index contributed by atoms with van der Waals surface area (Å²) in [6.45, 7) is 0.929. The maximum absolute atomic E-state index is 12.3. The summed E-state index contributed by atoms with van der Waals surface area (Å²) in [5.74, 6) is 0. The van der Waals surface area contributed by atoms with Crippen LogP contribution in [0.4, 0.5) is 17.1 Å². The molecule has 0 atom stereocenters. The molecule has 1 N–H and O–H groups in total. The third kappa shape index (κ3) is 3.25. The van der Waals surface area contributed by atoms with Crippen molar-refractivity contribution >= 4 is 50.0 Å². The number of para-hydroxylation sites is 1. The Kier molecular flexibility index (Phi) is 4.19. The van der Waals surface area contributed by atoms with E-state index in [0.29, 0.717) is 10.0 Å². The zero-order valence-corrected chi connectivity index (χ0v) is 15.5. The van der Waals surface area contributed by atoms with E-state index in [2.05, 4.69) is 27.8 Å². The van der Waals surface area contributed by atoms with E-state index in [0.717, 1.165) is 30.0 Å². The van der Waals surface area contributed by atoms with Gasteiger partial charge in [0.15, 0.2) is 0 Å². The standard InChI is InChI=1S/C18H15ClN2O2S2/c19-17-9-10-18(24-17)25(22,23)20-14-5-7-15(8-6-14)21-12-11-13-3-1-2-4-16(13)21/h1-10,20H,11-12H2. The quantitative estimate of drug-likeness (QED) is 0.689. The fourth-order valence-electron chi connectivity index (χ4n) is 2.96. The van der Waals surface area contributed by atoms with Gasteiger partial charge >= 0.3 is 0 Å². The van der Waals surface area contributed by atoms with Crippen LogP contribution in [-0.4, -0.2) is 15.0 Å². The smallest absolute Gasteiger partial charge is 0.271 e. The number of fused-ring (bicyclic) bond motifs is 1. The van der Waals surface area contributed by atoms with E-state index < -0.39 is 10.0 Å². The van der Waals surface area contributed by atoms with Gasteiger partial charge in [0.2, 0.25) is 0 Å². The van der Waals surface area contributed by atoms with Gasteiger partial charge in [-0.1, -0.05) is 29.8 Å². The molecule has 0 spiro atoms. The van der Waals surface area contributed by atoms with E-state index in [1.165, 1.54) is 17.3 Å². The van der Waals surface area contributed by atoms with Crippen molar-refractivity contribution < 1.29 is 8.42 Å². The molecule has 4 nitrogen and oxygen atoms in total. The van der Waals surface area contributed by atoms with Crippen LogP contribution in [0.15, 0.2) is 64.9 Å². The van der Waals surface area contributed by atoms with Gasteiger partial charge in [-0.15, -0.1) is 11.3 Å². The second kappa shape index (κ2) is 6.37. The van der Waals surface area contributed by atoms with Crippen LogP contribution in [0.5, 0.6) is 0 Å². The summed E-state index contributed by atoms with van der Waals surface area (Å²) in [4.78, 5) is 2.24. The van der Waals surface area contributed by atoms with Gasteiger partial charge < -0.3 is 4.90 Å². The second-order valence-electron chi connectivity index (χ2n) is 5.74. The molecule has 0 saturated carbocycles. The molecule has 0 bridgehead atoms. The van der Waals surface area contributed by atoms with Crippen LogP contribution in [0, 0.1) is 0 Å². The van der Waals surface area contributed by atoms with Gasteiger partial charge in [0, 0.05) is 23.6 Å². The molecule has 25 heavy (non-hydrogen) atoms. The van der Waals surface area contributed by atoms with Crippen molar-refractivity contribution in [2.45, 2.75) is 10.6 Å². The Morgan fingerprint density at radius 3 is 2.48 bits per heavy atom. The van der Waals surface area contributed by atoms with Gasteiger partial charge in [-0.2, -0.15) is 0 Å². The average Bonchev–Trinajstić information content (AvgIpc) is 3.22. The molecule has 1 aromatic heterocycles. The first-order valence-corrected chi connectivity index (χ1v) is 10.4.